The molecule has 23 heavy (non-hydrogen) atoms. The van der Waals surface area contributed by atoms with Crippen LogP contribution in [0.25, 0.3) is 22.8 Å². The van der Waals surface area contributed by atoms with Crippen LogP contribution in [0.4, 0.5) is 0 Å². The van der Waals surface area contributed by atoms with Gasteiger partial charge in [0.25, 0.3) is 0 Å². The fourth-order valence-corrected chi connectivity index (χ4v) is 3.18. The van der Waals surface area contributed by atoms with E-state index in [2.05, 4.69) is 10.2 Å². The van der Waals surface area contributed by atoms with Crippen molar-refractivity contribution in [3.05, 3.63) is 59.1 Å². The third-order valence-electron chi connectivity index (χ3n) is 3.53. The van der Waals surface area contributed by atoms with Crippen molar-refractivity contribution in [1.82, 2.24) is 14.8 Å². The van der Waals surface area contributed by atoms with Crippen LogP contribution in [0.1, 0.15) is 5.56 Å². The summed E-state index contributed by atoms with van der Waals surface area (Å²) in [6.45, 7) is 0. The maximum atomic E-state index is 11.2. The van der Waals surface area contributed by atoms with Crippen molar-refractivity contribution in [2.45, 2.75) is 5.75 Å². The zero-order chi connectivity index (χ0) is 16.4. The molecule has 2 aromatic carbocycles. The van der Waals surface area contributed by atoms with Crippen LogP contribution in [0.2, 0.25) is 5.02 Å². The molecule has 1 aromatic heterocycles. The van der Waals surface area contributed by atoms with E-state index in [-0.39, 0.29) is 5.75 Å². The van der Waals surface area contributed by atoms with Gasteiger partial charge in [0.05, 0.1) is 10.8 Å². The molecule has 0 aliphatic carbocycles. The number of rotatable bonds is 4. The topological polar surface area (TPSA) is 68.0 Å². The Morgan fingerprint density at radius 3 is 2.26 bits per heavy atom. The van der Waals surface area contributed by atoms with Crippen molar-refractivity contribution >= 4 is 22.7 Å². The minimum Gasteiger partial charge on any atom is -0.310 e. The first-order valence-electron chi connectivity index (χ1n) is 6.88. The molecule has 118 valence electrons. The molecule has 5 nitrogen and oxygen atoms in total. The Labute approximate surface area is 141 Å². The summed E-state index contributed by atoms with van der Waals surface area (Å²) in [7, 11) is 1.85. The summed E-state index contributed by atoms with van der Waals surface area (Å²) in [5.41, 5.74) is 2.32. The second-order valence-corrected chi connectivity index (χ2v) is 6.35. The maximum Gasteiger partial charge on any atom is 0.165 e. The molecular formula is C16H14ClN3O2S. The normalized spacial score (nSPS) is 12.3. The van der Waals surface area contributed by atoms with Gasteiger partial charge in [-0.15, -0.1) is 10.2 Å². The van der Waals surface area contributed by atoms with Gasteiger partial charge in [-0.1, -0.05) is 48.0 Å². The summed E-state index contributed by atoms with van der Waals surface area (Å²) in [5.74, 6) is 1.32. The third-order valence-corrected chi connectivity index (χ3v) is 4.41. The summed E-state index contributed by atoms with van der Waals surface area (Å²) < 4.78 is 22.2. The summed E-state index contributed by atoms with van der Waals surface area (Å²) in [6, 6.07) is 14.8. The molecule has 3 rings (SSSR count). The first-order valence-corrected chi connectivity index (χ1v) is 8.53. The summed E-state index contributed by atoms with van der Waals surface area (Å²) in [4.78, 5) is 0. The lowest BCUT2D eigenvalue weighted by Crippen LogP contribution is -2.01. The molecular weight excluding hydrogens is 334 g/mol. The van der Waals surface area contributed by atoms with E-state index in [0.717, 1.165) is 16.7 Å². The molecule has 0 saturated carbocycles. The first-order chi connectivity index (χ1) is 11.1. The minimum atomic E-state index is -1.92. The van der Waals surface area contributed by atoms with Crippen molar-refractivity contribution in [1.29, 1.82) is 0 Å². The molecule has 0 spiro atoms. The number of nitrogens with zero attached hydrogens (tertiary/aromatic N) is 3. The monoisotopic (exact) mass is 347 g/mol. The van der Waals surface area contributed by atoms with Crippen molar-refractivity contribution < 1.29 is 8.76 Å². The van der Waals surface area contributed by atoms with Crippen LogP contribution in [-0.4, -0.2) is 23.5 Å². The SMILES string of the molecule is Cn1c(-c2ccccc2Cl)nnc1-c1ccccc1CS(=O)O. The van der Waals surface area contributed by atoms with Gasteiger partial charge in [-0.05, 0) is 17.7 Å². The summed E-state index contributed by atoms with van der Waals surface area (Å²) in [6.07, 6.45) is 0. The van der Waals surface area contributed by atoms with Gasteiger partial charge >= 0.3 is 0 Å². The molecule has 1 unspecified atom stereocenters. The van der Waals surface area contributed by atoms with Crippen molar-refractivity contribution in [2.75, 3.05) is 0 Å². The van der Waals surface area contributed by atoms with E-state index in [0.29, 0.717) is 16.7 Å². The van der Waals surface area contributed by atoms with Crippen LogP contribution >= 0.6 is 11.6 Å². The minimum absolute atomic E-state index is 0.0461. The zero-order valence-electron chi connectivity index (χ0n) is 12.3. The molecule has 0 fully saturated rings. The third kappa shape index (κ3) is 3.19. The van der Waals surface area contributed by atoms with Gasteiger partial charge in [-0.25, -0.2) is 4.21 Å². The number of benzene rings is 2. The quantitative estimate of drug-likeness (QED) is 0.733. The van der Waals surface area contributed by atoms with Gasteiger partial charge in [0.1, 0.15) is 0 Å². The van der Waals surface area contributed by atoms with Gasteiger partial charge in [0.15, 0.2) is 22.7 Å². The molecule has 0 aliphatic rings. The van der Waals surface area contributed by atoms with Crippen LogP contribution in [-0.2, 0) is 23.9 Å². The summed E-state index contributed by atoms with van der Waals surface area (Å²) in [5, 5.41) is 9.08. The predicted molar refractivity (Wildman–Crippen MR) is 91.4 cm³/mol. The highest BCUT2D eigenvalue weighted by Crippen LogP contribution is 2.30. The first kappa shape index (κ1) is 15.9. The molecule has 0 bridgehead atoms. The lowest BCUT2D eigenvalue weighted by atomic mass is 10.1. The Morgan fingerprint density at radius 2 is 1.61 bits per heavy atom. The predicted octanol–water partition coefficient (Wildman–Crippen LogP) is 3.52. The molecule has 0 aliphatic heterocycles. The lowest BCUT2D eigenvalue weighted by Gasteiger charge is -2.09. The molecule has 7 heteroatoms. The number of halogens is 1. The van der Waals surface area contributed by atoms with E-state index in [4.69, 9.17) is 11.6 Å². The van der Waals surface area contributed by atoms with Crippen LogP contribution in [0.15, 0.2) is 48.5 Å². The molecule has 0 radical (unpaired) electrons. The molecule has 1 atom stereocenters. The van der Waals surface area contributed by atoms with Crippen LogP contribution < -0.4 is 0 Å². The second-order valence-electron chi connectivity index (χ2n) is 5.01. The van der Waals surface area contributed by atoms with E-state index in [1.807, 2.05) is 54.1 Å². The van der Waals surface area contributed by atoms with E-state index in [1.165, 1.54) is 0 Å². The number of aromatic nitrogens is 3. The fourth-order valence-electron chi connectivity index (χ4n) is 2.44. The van der Waals surface area contributed by atoms with Crippen LogP contribution in [0, 0.1) is 0 Å². The average molecular weight is 348 g/mol. The highest BCUT2D eigenvalue weighted by molar-refractivity contribution is 7.78. The number of hydrogen-bond donors (Lipinski definition) is 1. The largest absolute Gasteiger partial charge is 0.310 e. The summed E-state index contributed by atoms with van der Waals surface area (Å²) >= 11 is 4.31. The van der Waals surface area contributed by atoms with E-state index in [1.54, 1.807) is 6.07 Å². The van der Waals surface area contributed by atoms with Crippen molar-refractivity contribution in [2.24, 2.45) is 7.05 Å². The van der Waals surface area contributed by atoms with E-state index >= 15 is 0 Å². The van der Waals surface area contributed by atoms with Gasteiger partial charge < -0.3 is 9.12 Å². The van der Waals surface area contributed by atoms with Crippen LogP contribution in [0.5, 0.6) is 0 Å². The van der Waals surface area contributed by atoms with E-state index < -0.39 is 11.1 Å². The Balaban J connectivity index is 2.11. The molecule has 0 saturated heterocycles. The Bertz CT molecular complexity index is 879. The van der Waals surface area contributed by atoms with Crippen LogP contribution in [0.3, 0.4) is 0 Å². The Morgan fingerprint density at radius 1 is 1.04 bits per heavy atom. The standard InChI is InChI=1S/C16H14ClN3O2S/c1-20-15(12-7-3-2-6-11(12)10-23(21)22)18-19-16(20)13-8-4-5-9-14(13)17/h2-9H,10H2,1H3,(H,21,22). The number of hydrogen-bond acceptors (Lipinski definition) is 3. The molecule has 3 aromatic rings. The Kier molecular flexibility index (Phi) is 4.56. The van der Waals surface area contributed by atoms with E-state index in [9.17, 15) is 8.76 Å². The molecule has 0 amide bonds. The van der Waals surface area contributed by atoms with Gasteiger partial charge in [0, 0.05) is 18.2 Å². The van der Waals surface area contributed by atoms with Gasteiger partial charge in [0.2, 0.25) is 0 Å². The average Bonchev–Trinajstić information content (AvgIpc) is 2.89. The maximum absolute atomic E-state index is 11.2. The highest BCUT2D eigenvalue weighted by Gasteiger charge is 2.17. The highest BCUT2D eigenvalue weighted by atomic mass is 35.5. The smallest absolute Gasteiger partial charge is 0.165 e. The van der Waals surface area contributed by atoms with Crippen molar-refractivity contribution in [3.8, 4) is 22.8 Å². The Hall–Kier alpha value is -2.02. The molecule has 1 heterocycles. The van der Waals surface area contributed by atoms with Gasteiger partial charge in [-0.2, -0.15) is 0 Å². The second kappa shape index (κ2) is 6.62. The van der Waals surface area contributed by atoms with Crippen molar-refractivity contribution in [3.63, 3.8) is 0 Å². The lowest BCUT2D eigenvalue weighted by molar-refractivity contribution is 0.563. The van der Waals surface area contributed by atoms with Gasteiger partial charge in [-0.3, -0.25) is 0 Å². The zero-order valence-corrected chi connectivity index (χ0v) is 13.9. The molecule has 1 N–H and O–H groups in total. The fraction of sp³-hybridized carbons (Fsp3) is 0.125.